The first kappa shape index (κ1) is 13.8. The van der Waals surface area contributed by atoms with E-state index in [9.17, 15) is 9.90 Å². The number of hydrogen-bond acceptors (Lipinski definition) is 3. The van der Waals surface area contributed by atoms with Crippen molar-refractivity contribution in [2.45, 2.75) is 51.0 Å². The lowest BCUT2D eigenvalue weighted by Crippen LogP contribution is -2.40. The normalized spacial score (nSPS) is 30.1. The minimum atomic E-state index is -0.178. The number of hydrogen-bond donors (Lipinski definition) is 2. The number of likely N-dealkylation sites (tertiary alicyclic amines) is 1. The van der Waals surface area contributed by atoms with Gasteiger partial charge in [-0.25, -0.2) is 0 Å². The summed E-state index contributed by atoms with van der Waals surface area (Å²) in [5, 5.41) is 12.5. The molecule has 2 aliphatic rings. The molecule has 104 valence electrons. The molecule has 0 spiro atoms. The predicted octanol–water partition coefficient (Wildman–Crippen LogP) is 1.14. The van der Waals surface area contributed by atoms with Crippen LogP contribution in [0.2, 0.25) is 0 Å². The van der Waals surface area contributed by atoms with Crippen LogP contribution < -0.4 is 5.32 Å². The maximum absolute atomic E-state index is 11.9. The molecule has 0 bridgehead atoms. The van der Waals surface area contributed by atoms with E-state index >= 15 is 0 Å². The van der Waals surface area contributed by atoms with Crippen LogP contribution in [0.15, 0.2) is 0 Å². The molecule has 2 fully saturated rings. The van der Waals surface area contributed by atoms with Crippen LogP contribution in [0.3, 0.4) is 0 Å². The van der Waals surface area contributed by atoms with Gasteiger partial charge in [-0.3, -0.25) is 4.79 Å². The third kappa shape index (κ3) is 4.25. The number of nitrogens with zero attached hydrogens (tertiary/aromatic N) is 1. The molecule has 0 radical (unpaired) electrons. The summed E-state index contributed by atoms with van der Waals surface area (Å²) in [6.07, 6.45) is 7.03. The number of carbonyl (C=O) groups is 1. The lowest BCUT2D eigenvalue weighted by molar-refractivity contribution is -0.126. The smallest absolute Gasteiger partial charge is 0.223 e. The van der Waals surface area contributed by atoms with Gasteiger partial charge in [0.25, 0.3) is 0 Å². The Morgan fingerprint density at radius 2 is 1.78 bits per heavy atom. The van der Waals surface area contributed by atoms with Crippen LogP contribution in [-0.2, 0) is 4.79 Å². The van der Waals surface area contributed by atoms with Gasteiger partial charge in [0.05, 0.1) is 6.10 Å². The van der Waals surface area contributed by atoms with E-state index in [1.54, 1.807) is 0 Å². The Kier molecular flexibility index (Phi) is 5.45. The second kappa shape index (κ2) is 7.10. The summed E-state index contributed by atoms with van der Waals surface area (Å²) in [6, 6.07) is 0. The molecule has 4 heteroatoms. The van der Waals surface area contributed by atoms with E-state index in [1.807, 2.05) is 0 Å². The molecule has 2 N–H and O–H groups in total. The average molecular weight is 254 g/mol. The molecule has 1 heterocycles. The Morgan fingerprint density at radius 1 is 1.11 bits per heavy atom. The van der Waals surface area contributed by atoms with E-state index in [0.717, 1.165) is 38.8 Å². The number of piperidine rings is 1. The zero-order valence-electron chi connectivity index (χ0n) is 11.2. The van der Waals surface area contributed by atoms with Crippen molar-refractivity contribution in [3.63, 3.8) is 0 Å². The Bertz CT molecular complexity index is 257. The van der Waals surface area contributed by atoms with Crippen molar-refractivity contribution in [1.82, 2.24) is 10.2 Å². The van der Waals surface area contributed by atoms with Crippen molar-refractivity contribution in [3.05, 3.63) is 0 Å². The zero-order valence-corrected chi connectivity index (χ0v) is 11.2. The molecule has 1 saturated heterocycles. The Labute approximate surface area is 110 Å². The van der Waals surface area contributed by atoms with E-state index in [4.69, 9.17) is 0 Å². The van der Waals surface area contributed by atoms with E-state index in [-0.39, 0.29) is 17.9 Å². The summed E-state index contributed by atoms with van der Waals surface area (Å²) in [5.74, 6) is 0.327. The lowest BCUT2D eigenvalue weighted by Gasteiger charge is -2.27. The summed E-state index contributed by atoms with van der Waals surface area (Å²) < 4.78 is 0. The number of aliphatic hydroxyl groups excluding tert-OH is 1. The molecule has 0 atom stereocenters. The van der Waals surface area contributed by atoms with Gasteiger partial charge < -0.3 is 15.3 Å². The SMILES string of the molecule is O=C(NCCN1CCCCC1)C1CCC(O)CC1. The van der Waals surface area contributed by atoms with Crippen LogP contribution in [0.5, 0.6) is 0 Å². The molecule has 18 heavy (non-hydrogen) atoms. The number of carbonyl (C=O) groups excluding carboxylic acids is 1. The highest BCUT2D eigenvalue weighted by atomic mass is 16.3. The topological polar surface area (TPSA) is 52.6 Å². The summed E-state index contributed by atoms with van der Waals surface area (Å²) in [7, 11) is 0. The Balaban J connectivity index is 1.59. The summed E-state index contributed by atoms with van der Waals surface area (Å²) in [6.45, 7) is 4.13. The van der Waals surface area contributed by atoms with Gasteiger partial charge in [-0.1, -0.05) is 6.42 Å². The second-order valence-corrected chi connectivity index (χ2v) is 5.70. The van der Waals surface area contributed by atoms with Crippen LogP contribution in [-0.4, -0.2) is 48.2 Å². The van der Waals surface area contributed by atoms with Crippen LogP contribution in [0.4, 0.5) is 0 Å². The third-order valence-electron chi connectivity index (χ3n) is 4.24. The monoisotopic (exact) mass is 254 g/mol. The summed E-state index contributed by atoms with van der Waals surface area (Å²) in [4.78, 5) is 14.4. The van der Waals surface area contributed by atoms with Crippen molar-refractivity contribution in [1.29, 1.82) is 0 Å². The maximum Gasteiger partial charge on any atom is 0.223 e. The second-order valence-electron chi connectivity index (χ2n) is 5.70. The number of nitrogens with one attached hydrogen (secondary N) is 1. The average Bonchev–Trinajstić information content (AvgIpc) is 2.40. The molecule has 1 aliphatic heterocycles. The largest absolute Gasteiger partial charge is 0.393 e. The van der Waals surface area contributed by atoms with Gasteiger partial charge >= 0.3 is 0 Å². The van der Waals surface area contributed by atoms with Crippen LogP contribution in [0.1, 0.15) is 44.9 Å². The molecule has 1 aliphatic carbocycles. The van der Waals surface area contributed by atoms with E-state index in [1.165, 1.54) is 32.4 Å². The minimum absolute atomic E-state index is 0.134. The van der Waals surface area contributed by atoms with Gasteiger partial charge in [-0.05, 0) is 51.6 Å². The molecule has 0 aromatic carbocycles. The first-order chi connectivity index (χ1) is 8.75. The van der Waals surface area contributed by atoms with Gasteiger partial charge in [0.2, 0.25) is 5.91 Å². The Morgan fingerprint density at radius 3 is 2.44 bits per heavy atom. The predicted molar refractivity (Wildman–Crippen MR) is 71.3 cm³/mol. The number of aliphatic hydroxyl groups is 1. The Hall–Kier alpha value is -0.610. The van der Waals surface area contributed by atoms with Crippen LogP contribution in [0, 0.1) is 5.92 Å². The fraction of sp³-hybridized carbons (Fsp3) is 0.929. The molecule has 4 nitrogen and oxygen atoms in total. The summed E-state index contributed by atoms with van der Waals surface area (Å²) >= 11 is 0. The van der Waals surface area contributed by atoms with Crippen molar-refractivity contribution >= 4 is 5.91 Å². The van der Waals surface area contributed by atoms with Crippen LogP contribution >= 0.6 is 0 Å². The molecular formula is C14H26N2O2. The maximum atomic E-state index is 11.9. The lowest BCUT2D eigenvalue weighted by atomic mass is 9.87. The zero-order chi connectivity index (χ0) is 12.8. The van der Waals surface area contributed by atoms with Crippen molar-refractivity contribution < 1.29 is 9.90 Å². The quantitative estimate of drug-likeness (QED) is 0.791. The van der Waals surface area contributed by atoms with Crippen molar-refractivity contribution in [2.75, 3.05) is 26.2 Å². The number of rotatable bonds is 4. The van der Waals surface area contributed by atoms with Crippen molar-refractivity contribution in [3.8, 4) is 0 Å². The molecule has 1 amide bonds. The van der Waals surface area contributed by atoms with Crippen molar-refractivity contribution in [2.24, 2.45) is 5.92 Å². The van der Waals surface area contributed by atoms with Gasteiger partial charge in [0.15, 0.2) is 0 Å². The molecule has 0 unspecified atom stereocenters. The van der Waals surface area contributed by atoms with Gasteiger partial charge in [0.1, 0.15) is 0 Å². The highest BCUT2D eigenvalue weighted by molar-refractivity contribution is 5.78. The minimum Gasteiger partial charge on any atom is -0.393 e. The molecule has 0 aromatic rings. The number of amides is 1. The van der Waals surface area contributed by atoms with E-state index in [2.05, 4.69) is 10.2 Å². The standard InChI is InChI=1S/C14H26N2O2/c17-13-6-4-12(5-7-13)14(18)15-8-11-16-9-2-1-3-10-16/h12-13,17H,1-11H2,(H,15,18). The molecular weight excluding hydrogens is 228 g/mol. The third-order valence-corrected chi connectivity index (χ3v) is 4.24. The highest BCUT2D eigenvalue weighted by Gasteiger charge is 2.24. The molecule has 1 saturated carbocycles. The molecule has 0 aromatic heterocycles. The van der Waals surface area contributed by atoms with Crippen LogP contribution in [0.25, 0.3) is 0 Å². The van der Waals surface area contributed by atoms with Gasteiger partial charge in [-0.2, -0.15) is 0 Å². The summed E-state index contributed by atoms with van der Waals surface area (Å²) in [5.41, 5.74) is 0. The van der Waals surface area contributed by atoms with E-state index < -0.39 is 0 Å². The fourth-order valence-electron chi connectivity index (χ4n) is 3.00. The fourth-order valence-corrected chi connectivity index (χ4v) is 3.00. The van der Waals surface area contributed by atoms with Gasteiger partial charge in [0, 0.05) is 19.0 Å². The molecule has 2 rings (SSSR count). The first-order valence-corrected chi connectivity index (χ1v) is 7.44. The first-order valence-electron chi connectivity index (χ1n) is 7.44. The van der Waals surface area contributed by atoms with E-state index in [0.29, 0.717) is 0 Å². The highest BCUT2D eigenvalue weighted by Crippen LogP contribution is 2.24. The van der Waals surface area contributed by atoms with Gasteiger partial charge in [-0.15, -0.1) is 0 Å².